The molecule has 0 radical (unpaired) electrons. The van der Waals surface area contributed by atoms with E-state index in [1.807, 2.05) is 60.7 Å². The highest BCUT2D eigenvalue weighted by Gasteiger charge is 2.08. The fourth-order valence-corrected chi connectivity index (χ4v) is 2.24. The van der Waals surface area contributed by atoms with E-state index in [4.69, 9.17) is 11.6 Å². The van der Waals surface area contributed by atoms with Crippen LogP contribution in [0, 0.1) is 0 Å². The van der Waals surface area contributed by atoms with Gasteiger partial charge in [-0.15, -0.1) is 0 Å². The number of aromatic amines is 1. The first kappa shape index (κ1) is 12.6. The lowest BCUT2D eigenvalue weighted by molar-refractivity contribution is 0.942. The van der Waals surface area contributed by atoms with E-state index in [1.165, 1.54) is 0 Å². The van der Waals surface area contributed by atoms with Crippen molar-refractivity contribution < 1.29 is 0 Å². The lowest BCUT2D eigenvalue weighted by Crippen LogP contribution is -1.85. The lowest BCUT2D eigenvalue weighted by Gasteiger charge is -2.05. The summed E-state index contributed by atoms with van der Waals surface area (Å²) in [5, 5.41) is 11.3. The molecule has 2 aromatic carbocycles. The summed E-state index contributed by atoms with van der Waals surface area (Å²) in [6.45, 7) is 0. The summed E-state index contributed by atoms with van der Waals surface area (Å²) in [5.74, 6) is 0. The van der Waals surface area contributed by atoms with E-state index in [9.17, 15) is 0 Å². The third-order valence-electron chi connectivity index (χ3n) is 2.99. The number of halogens is 1. The molecule has 1 aromatic heterocycles. The molecule has 1 N–H and O–H groups in total. The van der Waals surface area contributed by atoms with Crippen LogP contribution in [0.4, 0.5) is 0 Å². The molecule has 3 aromatic rings. The number of nitrogens with one attached hydrogen (secondary N) is 1. The first-order chi connectivity index (χ1) is 9.84. The molecule has 3 rings (SSSR count). The molecular weight excluding hydrogens is 270 g/mol. The van der Waals surface area contributed by atoms with E-state index < -0.39 is 0 Å². The van der Waals surface area contributed by atoms with Crippen LogP contribution in [0.3, 0.4) is 0 Å². The average Bonchev–Trinajstić information content (AvgIpc) is 3.01. The minimum absolute atomic E-state index is 0.692. The summed E-state index contributed by atoms with van der Waals surface area (Å²) in [6.07, 6.45) is 5.72. The summed E-state index contributed by atoms with van der Waals surface area (Å²) >= 11 is 6.30. The fraction of sp³-hybridized carbons (Fsp3) is 0. The SMILES string of the molecule is Clc1cccc(-c2cn[nH]n2)c1/C=C/c1ccccc1. The molecule has 1 heterocycles. The molecule has 0 aliphatic heterocycles. The Morgan fingerprint density at radius 1 is 0.950 bits per heavy atom. The van der Waals surface area contributed by atoms with Gasteiger partial charge in [-0.05, 0) is 11.6 Å². The van der Waals surface area contributed by atoms with Crippen LogP contribution in [0.1, 0.15) is 11.1 Å². The largest absolute Gasteiger partial charge is 0.197 e. The van der Waals surface area contributed by atoms with Gasteiger partial charge in [0, 0.05) is 16.1 Å². The van der Waals surface area contributed by atoms with Crippen LogP contribution in [0.25, 0.3) is 23.4 Å². The zero-order valence-corrected chi connectivity index (χ0v) is 11.4. The lowest BCUT2D eigenvalue weighted by atomic mass is 10.0. The molecule has 0 bridgehead atoms. The molecular formula is C16H12ClN3. The molecule has 0 fully saturated rings. The Labute approximate surface area is 121 Å². The summed E-state index contributed by atoms with van der Waals surface area (Å²) < 4.78 is 0. The van der Waals surface area contributed by atoms with Crippen molar-refractivity contribution in [3.05, 3.63) is 70.9 Å². The third kappa shape index (κ3) is 2.63. The van der Waals surface area contributed by atoms with Crippen molar-refractivity contribution in [3.63, 3.8) is 0 Å². The van der Waals surface area contributed by atoms with Crippen LogP contribution < -0.4 is 0 Å². The zero-order chi connectivity index (χ0) is 13.8. The fourth-order valence-electron chi connectivity index (χ4n) is 2.00. The smallest absolute Gasteiger partial charge is 0.113 e. The number of rotatable bonds is 3. The van der Waals surface area contributed by atoms with Crippen molar-refractivity contribution in [2.24, 2.45) is 0 Å². The van der Waals surface area contributed by atoms with Gasteiger partial charge in [-0.2, -0.15) is 15.4 Å². The van der Waals surface area contributed by atoms with Crippen LogP contribution >= 0.6 is 11.6 Å². The Hall–Kier alpha value is -2.39. The summed E-state index contributed by atoms with van der Waals surface area (Å²) in [4.78, 5) is 0. The predicted octanol–water partition coefficient (Wildman–Crippen LogP) is 4.30. The second kappa shape index (κ2) is 5.72. The Morgan fingerprint density at radius 2 is 1.80 bits per heavy atom. The molecule has 3 nitrogen and oxygen atoms in total. The molecule has 0 saturated heterocycles. The van der Waals surface area contributed by atoms with E-state index in [1.54, 1.807) is 6.20 Å². The van der Waals surface area contributed by atoms with E-state index >= 15 is 0 Å². The van der Waals surface area contributed by atoms with Crippen molar-refractivity contribution >= 4 is 23.8 Å². The normalized spacial score (nSPS) is 11.1. The Bertz CT molecular complexity index is 719. The van der Waals surface area contributed by atoms with Crippen LogP contribution in [-0.2, 0) is 0 Å². The van der Waals surface area contributed by atoms with Gasteiger partial charge in [-0.3, -0.25) is 0 Å². The van der Waals surface area contributed by atoms with Crippen LogP contribution in [0.5, 0.6) is 0 Å². The second-order valence-corrected chi connectivity index (χ2v) is 4.71. The van der Waals surface area contributed by atoms with E-state index in [0.29, 0.717) is 5.02 Å². The molecule has 20 heavy (non-hydrogen) atoms. The van der Waals surface area contributed by atoms with Crippen molar-refractivity contribution in [1.29, 1.82) is 0 Å². The van der Waals surface area contributed by atoms with Crippen molar-refractivity contribution in [2.75, 3.05) is 0 Å². The Balaban J connectivity index is 2.03. The predicted molar refractivity (Wildman–Crippen MR) is 82.2 cm³/mol. The third-order valence-corrected chi connectivity index (χ3v) is 3.32. The molecule has 0 unspecified atom stereocenters. The number of hydrogen-bond acceptors (Lipinski definition) is 2. The van der Waals surface area contributed by atoms with Crippen molar-refractivity contribution in [1.82, 2.24) is 15.4 Å². The van der Waals surface area contributed by atoms with E-state index in [0.717, 1.165) is 22.4 Å². The van der Waals surface area contributed by atoms with Crippen LogP contribution in [0.15, 0.2) is 54.7 Å². The van der Waals surface area contributed by atoms with Gasteiger partial charge < -0.3 is 0 Å². The van der Waals surface area contributed by atoms with Crippen LogP contribution in [-0.4, -0.2) is 15.4 Å². The maximum absolute atomic E-state index is 6.30. The quantitative estimate of drug-likeness (QED) is 0.728. The van der Waals surface area contributed by atoms with Gasteiger partial charge in [-0.1, -0.05) is 66.2 Å². The highest BCUT2D eigenvalue weighted by atomic mass is 35.5. The topological polar surface area (TPSA) is 41.6 Å². The number of H-pyrrole nitrogens is 1. The highest BCUT2D eigenvalue weighted by molar-refractivity contribution is 6.32. The second-order valence-electron chi connectivity index (χ2n) is 4.30. The Kier molecular flexibility index (Phi) is 3.61. The first-order valence-electron chi connectivity index (χ1n) is 6.22. The zero-order valence-electron chi connectivity index (χ0n) is 10.6. The van der Waals surface area contributed by atoms with Gasteiger partial charge in [-0.25, -0.2) is 0 Å². The van der Waals surface area contributed by atoms with Gasteiger partial charge in [0.2, 0.25) is 0 Å². The monoisotopic (exact) mass is 281 g/mol. The number of hydrogen-bond donors (Lipinski definition) is 1. The molecule has 98 valence electrons. The molecule has 0 saturated carbocycles. The standard InChI is InChI=1S/C16H12ClN3/c17-15-8-4-7-14(16-11-18-20-19-16)13(15)10-9-12-5-2-1-3-6-12/h1-11H,(H,18,19,20)/b10-9+. The maximum Gasteiger partial charge on any atom is 0.113 e. The molecule has 0 spiro atoms. The van der Waals surface area contributed by atoms with E-state index in [-0.39, 0.29) is 0 Å². The van der Waals surface area contributed by atoms with Gasteiger partial charge in [0.05, 0.1) is 6.20 Å². The number of nitrogens with zero attached hydrogens (tertiary/aromatic N) is 2. The van der Waals surface area contributed by atoms with Gasteiger partial charge in [0.25, 0.3) is 0 Å². The first-order valence-corrected chi connectivity index (χ1v) is 6.60. The van der Waals surface area contributed by atoms with Gasteiger partial charge in [0.1, 0.15) is 5.69 Å². The number of benzene rings is 2. The van der Waals surface area contributed by atoms with Crippen molar-refractivity contribution in [3.8, 4) is 11.3 Å². The summed E-state index contributed by atoms with van der Waals surface area (Å²) in [6, 6.07) is 15.9. The van der Waals surface area contributed by atoms with Gasteiger partial charge >= 0.3 is 0 Å². The Morgan fingerprint density at radius 3 is 2.55 bits per heavy atom. The minimum atomic E-state index is 0.692. The molecule has 0 aliphatic carbocycles. The maximum atomic E-state index is 6.30. The van der Waals surface area contributed by atoms with Crippen molar-refractivity contribution in [2.45, 2.75) is 0 Å². The summed E-state index contributed by atoms with van der Waals surface area (Å²) in [5.41, 5.74) is 3.80. The highest BCUT2D eigenvalue weighted by Crippen LogP contribution is 2.29. The minimum Gasteiger partial charge on any atom is -0.197 e. The molecule has 0 amide bonds. The van der Waals surface area contributed by atoms with Gasteiger partial charge in [0.15, 0.2) is 0 Å². The summed E-state index contributed by atoms with van der Waals surface area (Å²) in [7, 11) is 0. The molecule has 4 heteroatoms. The van der Waals surface area contributed by atoms with Crippen LogP contribution in [0.2, 0.25) is 5.02 Å². The number of aromatic nitrogens is 3. The molecule has 0 atom stereocenters. The average molecular weight is 282 g/mol. The molecule has 0 aliphatic rings. The van der Waals surface area contributed by atoms with E-state index in [2.05, 4.69) is 15.4 Å².